The summed E-state index contributed by atoms with van der Waals surface area (Å²) in [5, 5.41) is 0. The number of para-hydroxylation sites is 1. The van der Waals surface area contributed by atoms with E-state index in [4.69, 9.17) is 10.5 Å². The van der Waals surface area contributed by atoms with Gasteiger partial charge < -0.3 is 15.0 Å². The van der Waals surface area contributed by atoms with E-state index in [1.165, 1.54) is 5.56 Å². The molecular weight excluding hydrogens is 250 g/mol. The Kier molecular flexibility index (Phi) is 4.79. The van der Waals surface area contributed by atoms with Crippen molar-refractivity contribution < 1.29 is 4.74 Å². The van der Waals surface area contributed by atoms with Crippen molar-refractivity contribution in [2.75, 3.05) is 6.61 Å². The second-order valence-electron chi connectivity index (χ2n) is 5.30. The molecule has 0 aliphatic heterocycles. The molecule has 20 heavy (non-hydrogen) atoms. The lowest BCUT2D eigenvalue weighted by molar-refractivity contribution is 0.311. The lowest BCUT2D eigenvalue weighted by Gasteiger charge is -2.15. The topological polar surface area (TPSA) is 53.1 Å². The molecule has 2 rings (SSSR count). The number of hydrogen-bond donors (Lipinski definition) is 1. The van der Waals surface area contributed by atoms with Gasteiger partial charge in [-0.3, -0.25) is 0 Å². The van der Waals surface area contributed by atoms with E-state index in [9.17, 15) is 0 Å². The Bertz CT molecular complexity index is 561. The molecule has 0 aliphatic carbocycles. The fourth-order valence-corrected chi connectivity index (χ4v) is 2.31. The molecule has 0 amide bonds. The second kappa shape index (κ2) is 6.57. The summed E-state index contributed by atoms with van der Waals surface area (Å²) in [6.07, 6.45) is 5.39. The summed E-state index contributed by atoms with van der Waals surface area (Å²) in [5.41, 5.74) is 8.24. The number of aromatic nitrogens is 2. The van der Waals surface area contributed by atoms with Crippen LogP contribution >= 0.6 is 0 Å². The molecule has 0 saturated carbocycles. The van der Waals surface area contributed by atoms with Crippen LogP contribution in [0.1, 0.15) is 23.9 Å². The maximum atomic E-state index is 5.99. The first-order valence-corrected chi connectivity index (χ1v) is 7.01. The predicted octanol–water partition coefficient (Wildman–Crippen LogP) is 2.24. The molecule has 0 spiro atoms. The van der Waals surface area contributed by atoms with Crippen LogP contribution in [0.5, 0.6) is 5.75 Å². The molecule has 1 aromatic heterocycles. The van der Waals surface area contributed by atoms with Gasteiger partial charge in [-0.2, -0.15) is 0 Å². The average Bonchev–Trinajstić information content (AvgIpc) is 2.78. The Morgan fingerprint density at radius 3 is 2.85 bits per heavy atom. The van der Waals surface area contributed by atoms with Crippen LogP contribution in [-0.4, -0.2) is 22.2 Å². The third-order valence-electron chi connectivity index (χ3n) is 3.33. The summed E-state index contributed by atoms with van der Waals surface area (Å²) in [6.45, 7) is 4.71. The van der Waals surface area contributed by atoms with Crippen LogP contribution < -0.4 is 10.5 Å². The Labute approximate surface area is 120 Å². The van der Waals surface area contributed by atoms with Crippen LogP contribution in [0.2, 0.25) is 0 Å². The maximum Gasteiger partial charge on any atom is 0.125 e. The number of nitrogens with zero attached hydrogens (tertiary/aromatic N) is 2. The van der Waals surface area contributed by atoms with Crippen molar-refractivity contribution in [2.24, 2.45) is 12.8 Å². The number of rotatable bonds is 6. The minimum Gasteiger partial charge on any atom is -0.493 e. The number of ether oxygens (including phenoxy) is 1. The molecule has 1 unspecified atom stereocenters. The Balaban J connectivity index is 2.03. The number of nitrogens with two attached hydrogens (primary N) is 1. The molecule has 1 atom stereocenters. The van der Waals surface area contributed by atoms with Crippen molar-refractivity contribution in [2.45, 2.75) is 32.7 Å². The van der Waals surface area contributed by atoms with Gasteiger partial charge in [-0.05, 0) is 31.4 Å². The molecular formula is C16H23N3O. The highest BCUT2D eigenvalue weighted by molar-refractivity contribution is 5.41. The molecule has 2 aromatic rings. The van der Waals surface area contributed by atoms with Crippen molar-refractivity contribution in [3.05, 3.63) is 47.5 Å². The van der Waals surface area contributed by atoms with Crippen LogP contribution in [0.3, 0.4) is 0 Å². The lowest BCUT2D eigenvalue weighted by atomic mass is 10.0. The monoisotopic (exact) mass is 273 g/mol. The van der Waals surface area contributed by atoms with Gasteiger partial charge in [0.2, 0.25) is 0 Å². The molecule has 0 bridgehead atoms. The molecule has 0 radical (unpaired) electrons. The summed E-state index contributed by atoms with van der Waals surface area (Å²) >= 11 is 0. The molecule has 4 heteroatoms. The standard InChI is InChI=1S/C16H23N3O/c1-12-5-4-6-14(11-13(2)17)16(12)20-10-7-15-18-8-9-19(15)3/h4-6,8-9,13H,7,10-11,17H2,1-3H3. The number of imidazole rings is 1. The molecule has 108 valence electrons. The van der Waals surface area contributed by atoms with Gasteiger partial charge in [-0.25, -0.2) is 4.98 Å². The van der Waals surface area contributed by atoms with Gasteiger partial charge in [0.15, 0.2) is 0 Å². The summed E-state index contributed by atoms with van der Waals surface area (Å²) in [5.74, 6) is 2.01. The molecule has 0 fully saturated rings. The SMILES string of the molecule is Cc1cccc(CC(C)N)c1OCCc1nccn1C. The van der Waals surface area contributed by atoms with Gasteiger partial charge >= 0.3 is 0 Å². The highest BCUT2D eigenvalue weighted by Crippen LogP contribution is 2.24. The van der Waals surface area contributed by atoms with Gasteiger partial charge in [0.05, 0.1) is 6.61 Å². The van der Waals surface area contributed by atoms with Crippen molar-refractivity contribution in [1.29, 1.82) is 0 Å². The van der Waals surface area contributed by atoms with E-state index in [0.717, 1.165) is 30.0 Å². The number of benzene rings is 1. The smallest absolute Gasteiger partial charge is 0.125 e. The van der Waals surface area contributed by atoms with E-state index < -0.39 is 0 Å². The first-order valence-electron chi connectivity index (χ1n) is 7.01. The van der Waals surface area contributed by atoms with Crippen LogP contribution in [0.15, 0.2) is 30.6 Å². The quantitative estimate of drug-likeness (QED) is 0.878. The van der Waals surface area contributed by atoms with E-state index in [-0.39, 0.29) is 6.04 Å². The molecule has 4 nitrogen and oxygen atoms in total. The third kappa shape index (κ3) is 3.61. The summed E-state index contributed by atoms with van der Waals surface area (Å²) in [4.78, 5) is 4.30. The highest BCUT2D eigenvalue weighted by Gasteiger charge is 2.09. The molecule has 1 aromatic carbocycles. The van der Waals surface area contributed by atoms with Crippen LogP contribution in [-0.2, 0) is 19.9 Å². The Morgan fingerprint density at radius 1 is 1.40 bits per heavy atom. The van der Waals surface area contributed by atoms with Crippen LogP contribution in [0, 0.1) is 6.92 Å². The van der Waals surface area contributed by atoms with E-state index >= 15 is 0 Å². The normalized spacial score (nSPS) is 12.4. The zero-order valence-corrected chi connectivity index (χ0v) is 12.5. The number of aryl methyl sites for hydroxylation is 2. The van der Waals surface area contributed by atoms with E-state index in [2.05, 4.69) is 30.1 Å². The van der Waals surface area contributed by atoms with E-state index in [1.807, 2.05) is 30.9 Å². The number of hydrogen-bond acceptors (Lipinski definition) is 3. The van der Waals surface area contributed by atoms with E-state index in [1.54, 1.807) is 0 Å². The Morgan fingerprint density at radius 2 is 2.20 bits per heavy atom. The molecule has 0 saturated heterocycles. The minimum atomic E-state index is 0.133. The van der Waals surface area contributed by atoms with Gasteiger partial charge in [0.1, 0.15) is 11.6 Å². The van der Waals surface area contributed by atoms with Crippen molar-refractivity contribution in [3.8, 4) is 5.75 Å². The highest BCUT2D eigenvalue weighted by atomic mass is 16.5. The van der Waals surface area contributed by atoms with Crippen molar-refractivity contribution in [3.63, 3.8) is 0 Å². The second-order valence-corrected chi connectivity index (χ2v) is 5.30. The van der Waals surface area contributed by atoms with Crippen LogP contribution in [0.4, 0.5) is 0 Å². The minimum absolute atomic E-state index is 0.133. The van der Waals surface area contributed by atoms with Gasteiger partial charge in [0, 0.05) is 31.9 Å². The fourth-order valence-electron chi connectivity index (χ4n) is 2.31. The average molecular weight is 273 g/mol. The zero-order valence-electron chi connectivity index (χ0n) is 12.5. The van der Waals surface area contributed by atoms with E-state index in [0.29, 0.717) is 6.61 Å². The predicted molar refractivity (Wildman–Crippen MR) is 80.9 cm³/mol. The largest absolute Gasteiger partial charge is 0.493 e. The van der Waals surface area contributed by atoms with Gasteiger partial charge in [0.25, 0.3) is 0 Å². The van der Waals surface area contributed by atoms with Gasteiger partial charge in [-0.1, -0.05) is 18.2 Å². The third-order valence-corrected chi connectivity index (χ3v) is 3.33. The van der Waals surface area contributed by atoms with Crippen molar-refractivity contribution in [1.82, 2.24) is 9.55 Å². The maximum absolute atomic E-state index is 5.99. The summed E-state index contributed by atoms with van der Waals surface area (Å²) in [6, 6.07) is 6.35. The lowest BCUT2D eigenvalue weighted by Crippen LogP contribution is -2.19. The van der Waals surface area contributed by atoms with Crippen LogP contribution in [0.25, 0.3) is 0 Å². The van der Waals surface area contributed by atoms with Crippen molar-refractivity contribution >= 4 is 0 Å². The summed E-state index contributed by atoms with van der Waals surface area (Å²) in [7, 11) is 2.00. The molecule has 1 heterocycles. The Hall–Kier alpha value is -1.81. The zero-order chi connectivity index (χ0) is 14.5. The molecule has 0 aliphatic rings. The molecule has 2 N–H and O–H groups in total. The fraction of sp³-hybridized carbons (Fsp3) is 0.438. The van der Waals surface area contributed by atoms with Gasteiger partial charge in [-0.15, -0.1) is 0 Å². The first kappa shape index (κ1) is 14.6. The first-order chi connectivity index (χ1) is 9.58. The summed E-state index contributed by atoms with van der Waals surface area (Å²) < 4.78 is 8.01.